The molecule has 1 aromatic rings. The van der Waals surface area contributed by atoms with E-state index in [9.17, 15) is 4.79 Å². The standard InChI is InChI=1S/C22H35N3O2/c1-18-13-19(2)16-25(15-18)8-4-7-23-22(26)21-6-3-5-20(14-21)17-24-9-11-27-12-10-24/h3,5-6,14,18-19H,4,7-13,15-17H2,1-2H3,(H,23,26)/t18-,19-/m0/s1. The van der Waals surface area contributed by atoms with E-state index in [0.717, 1.165) is 69.8 Å². The number of likely N-dealkylation sites (tertiary alicyclic amines) is 1. The molecule has 1 aromatic carbocycles. The fourth-order valence-corrected chi connectivity index (χ4v) is 4.41. The van der Waals surface area contributed by atoms with Gasteiger partial charge in [0.05, 0.1) is 13.2 Å². The maximum atomic E-state index is 12.5. The first-order valence-corrected chi connectivity index (χ1v) is 10.5. The molecule has 1 amide bonds. The van der Waals surface area contributed by atoms with Gasteiger partial charge in [0.1, 0.15) is 0 Å². The van der Waals surface area contributed by atoms with Crippen LogP contribution in [0.2, 0.25) is 0 Å². The third-order valence-electron chi connectivity index (χ3n) is 5.58. The number of carbonyl (C=O) groups is 1. The molecule has 2 fully saturated rings. The topological polar surface area (TPSA) is 44.8 Å². The minimum Gasteiger partial charge on any atom is -0.379 e. The highest BCUT2D eigenvalue weighted by molar-refractivity contribution is 5.94. The second-order valence-electron chi connectivity index (χ2n) is 8.40. The largest absolute Gasteiger partial charge is 0.379 e. The second-order valence-corrected chi connectivity index (χ2v) is 8.40. The number of nitrogens with one attached hydrogen (secondary N) is 1. The van der Waals surface area contributed by atoms with Gasteiger partial charge in [-0.3, -0.25) is 9.69 Å². The predicted octanol–water partition coefficient (Wildman–Crippen LogP) is 2.62. The molecule has 3 rings (SSSR count). The Labute approximate surface area is 164 Å². The van der Waals surface area contributed by atoms with Crippen molar-refractivity contribution < 1.29 is 9.53 Å². The number of piperidine rings is 1. The van der Waals surface area contributed by atoms with Gasteiger partial charge in [-0.1, -0.05) is 26.0 Å². The Balaban J connectivity index is 1.40. The summed E-state index contributed by atoms with van der Waals surface area (Å²) in [6, 6.07) is 8.02. The molecule has 0 saturated carbocycles. The number of hydrogen-bond acceptors (Lipinski definition) is 4. The van der Waals surface area contributed by atoms with Crippen molar-refractivity contribution in [3.8, 4) is 0 Å². The molecule has 0 aliphatic carbocycles. The highest BCUT2D eigenvalue weighted by Crippen LogP contribution is 2.20. The zero-order valence-corrected chi connectivity index (χ0v) is 17.0. The zero-order valence-electron chi connectivity index (χ0n) is 17.0. The molecule has 0 aromatic heterocycles. The van der Waals surface area contributed by atoms with Crippen molar-refractivity contribution >= 4 is 5.91 Å². The van der Waals surface area contributed by atoms with E-state index in [4.69, 9.17) is 4.74 Å². The molecule has 2 aliphatic rings. The lowest BCUT2D eigenvalue weighted by molar-refractivity contribution is 0.0342. The fraction of sp³-hybridized carbons (Fsp3) is 0.682. The molecular weight excluding hydrogens is 338 g/mol. The van der Waals surface area contributed by atoms with Gasteiger partial charge in [-0.05, 0) is 48.9 Å². The van der Waals surface area contributed by atoms with Crippen molar-refractivity contribution in [2.45, 2.75) is 33.2 Å². The molecule has 27 heavy (non-hydrogen) atoms. The third-order valence-corrected chi connectivity index (χ3v) is 5.58. The molecule has 0 radical (unpaired) electrons. The highest BCUT2D eigenvalue weighted by Gasteiger charge is 2.21. The van der Waals surface area contributed by atoms with E-state index >= 15 is 0 Å². The van der Waals surface area contributed by atoms with Crippen molar-refractivity contribution in [1.82, 2.24) is 15.1 Å². The van der Waals surface area contributed by atoms with E-state index in [2.05, 4.69) is 35.0 Å². The van der Waals surface area contributed by atoms with E-state index in [-0.39, 0.29) is 5.91 Å². The smallest absolute Gasteiger partial charge is 0.251 e. The molecule has 0 spiro atoms. The predicted molar refractivity (Wildman–Crippen MR) is 109 cm³/mol. The molecule has 1 N–H and O–H groups in total. The number of amides is 1. The fourth-order valence-electron chi connectivity index (χ4n) is 4.41. The van der Waals surface area contributed by atoms with Gasteiger partial charge in [-0.25, -0.2) is 0 Å². The van der Waals surface area contributed by atoms with Crippen LogP contribution >= 0.6 is 0 Å². The maximum Gasteiger partial charge on any atom is 0.251 e. The number of morpholine rings is 1. The molecular formula is C22H35N3O2. The van der Waals surface area contributed by atoms with Gasteiger partial charge < -0.3 is 15.0 Å². The van der Waals surface area contributed by atoms with Gasteiger partial charge in [0.25, 0.3) is 5.91 Å². The molecule has 2 heterocycles. The summed E-state index contributed by atoms with van der Waals surface area (Å²) in [5, 5.41) is 3.09. The van der Waals surface area contributed by atoms with Crippen LogP contribution in [0.25, 0.3) is 0 Å². The Morgan fingerprint density at radius 3 is 2.63 bits per heavy atom. The summed E-state index contributed by atoms with van der Waals surface area (Å²) in [6.07, 6.45) is 2.35. The number of carbonyl (C=O) groups excluding carboxylic acids is 1. The Morgan fingerprint density at radius 1 is 1.15 bits per heavy atom. The Kier molecular flexibility index (Phi) is 7.68. The molecule has 2 saturated heterocycles. The normalized spacial score (nSPS) is 24.7. The average molecular weight is 374 g/mol. The minimum absolute atomic E-state index is 0.0409. The highest BCUT2D eigenvalue weighted by atomic mass is 16.5. The van der Waals surface area contributed by atoms with Crippen LogP contribution < -0.4 is 5.32 Å². The Hall–Kier alpha value is -1.43. The van der Waals surface area contributed by atoms with Crippen LogP contribution in [0.4, 0.5) is 0 Å². The number of hydrogen-bond donors (Lipinski definition) is 1. The lowest BCUT2D eigenvalue weighted by Crippen LogP contribution is -2.40. The Bertz CT molecular complexity index is 591. The lowest BCUT2D eigenvalue weighted by Gasteiger charge is -2.34. The first-order valence-electron chi connectivity index (χ1n) is 10.5. The Morgan fingerprint density at radius 2 is 1.89 bits per heavy atom. The molecule has 0 bridgehead atoms. The van der Waals surface area contributed by atoms with Gasteiger partial charge in [0, 0.05) is 44.8 Å². The van der Waals surface area contributed by atoms with E-state index in [1.165, 1.54) is 25.1 Å². The summed E-state index contributed by atoms with van der Waals surface area (Å²) in [7, 11) is 0. The summed E-state index contributed by atoms with van der Waals surface area (Å²) in [6.45, 7) is 13.3. The SMILES string of the molecule is C[C@H]1C[C@H](C)CN(CCCNC(=O)c2cccc(CN3CCOCC3)c2)C1. The number of ether oxygens (including phenoxy) is 1. The summed E-state index contributed by atoms with van der Waals surface area (Å²) >= 11 is 0. The second kappa shape index (κ2) is 10.2. The van der Waals surface area contributed by atoms with Gasteiger partial charge in [0.2, 0.25) is 0 Å². The molecule has 150 valence electrons. The summed E-state index contributed by atoms with van der Waals surface area (Å²) < 4.78 is 5.40. The summed E-state index contributed by atoms with van der Waals surface area (Å²) in [5.41, 5.74) is 1.96. The van der Waals surface area contributed by atoms with Crippen molar-refractivity contribution in [2.75, 3.05) is 52.5 Å². The van der Waals surface area contributed by atoms with E-state index < -0.39 is 0 Å². The van der Waals surface area contributed by atoms with Crippen LogP contribution in [0, 0.1) is 11.8 Å². The van der Waals surface area contributed by atoms with Crippen molar-refractivity contribution in [2.24, 2.45) is 11.8 Å². The lowest BCUT2D eigenvalue weighted by atomic mass is 9.92. The summed E-state index contributed by atoms with van der Waals surface area (Å²) in [5.74, 6) is 1.62. The van der Waals surface area contributed by atoms with E-state index in [1.807, 2.05) is 18.2 Å². The maximum absolute atomic E-state index is 12.5. The third kappa shape index (κ3) is 6.59. The molecule has 0 unspecified atom stereocenters. The molecule has 5 nitrogen and oxygen atoms in total. The number of rotatable bonds is 7. The summed E-state index contributed by atoms with van der Waals surface area (Å²) in [4.78, 5) is 17.4. The van der Waals surface area contributed by atoms with Gasteiger partial charge >= 0.3 is 0 Å². The van der Waals surface area contributed by atoms with Crippen molar-refractivity contribution in [3.63, 3.8) is 0 Å². The molecule has 2 atom stereocenters. The molecule has 2 aliphatic heterocycles. The van der Waals surface area contributed by atoms with Gasteiger partial charge in [-0.15, -0.1) is 0 Å². The van der Waals surface area contributed by atoms with Crippen LogP contribution in [0.15, 0.2) is 24.3 Å². The quantitative estimate of drug-likeness (QED) is 0.747. The number of benzene rings is 1. The van der Waals surface area contributed by atoms with Crippen LogP contribution in [-0.2, 0) is 11.3 Å². The van der Waals surface area contributed by atoms with Crippen molar-refractivity contribution in [1.29, 1.82) is 0 Å². The zero-order chi connectivity index (χ0) is 19.1. The van der Waals surface area contributed by atoms with Crippen molar-refractivity contribution in [3.05, 3.63) is 35.4 Å². The molecule has 5 heteroatoms. The van der Waals surface area contributed by atoms with Crippen LogP contribution in [-0.4, -0.2) is 68.2 Å². The van der Waals surface area contributed by atoms with Crippen LogP contribution in [0.1, 0.15) is 42.6 Å². The van der Waals surface area contributed by atoms with Crippen LogP contribution in [0.3, 0.4) is 0 Å². The first kappa shape index (κ1) is 20.3. The minimum atomic E-state index is 0.0409. The van der Waals surface area contributed by atoms with Gasteiger partial charge in [-0.2, -0.15) is 0 Å². The van der Waals surface area contributed by atoms with Crippen LogP contribution in [0.5, 0.6) is 0 Å². The average Bonchev–Trinajstić information content (AvgIpc) is 2.65. The van der Waals surface area contributed by atoms with E-state index in [0.29, 0.717) is 0 Å². The first-order chi connectivity index (χ1) is 13.1. The number of nitrogens with zero attached hydrogens (tertiary/aromatic N) is 2. The van der Waals surface area contributed by atoms with E-state index in [1.54, 1.807) is 0 Å². The van der Waals surface area contributed by atoms with Gasteiger partial charge in [0.15, 0.2) is 0 Å². The monoisotopic (exact) mass is 373 g/mol.